The molecule has 144 valence electrons. The Morgan fingerprint density at radius 1 is 1.11 bits per heavy atom. The molecule has 1 amide bonds. The zero-order valence-corrected chi connectivity index (χ0v) is 16.1. The van der Waals surface area contributed by atoms with Crippen LogP contribution in [0.25, 0.3) is 0 Å². The van der Waals surface area contributed by atoms with Crippen molar-refractivity contribution in [3.05, 3.63) is 53.6 Å². The summed E-state index contributed by atoms with van der Waals surface area (Å²) in [6.07, 6.45) is 11.1. The Morgan fingerprint density at radius 3 is 2.74 bits per heavy atom. The molecule has 5 heteroatoms. The minimum Gasteiger partial charge on any atom is -0.348 e. The number of aromatic amines is 1. The second-order valence-corrected chi connectivity index (χ2v) is 7.96. The van der Waals surface area contributed by atoms with Gasteiger partial charge in [0.1, 0.15) is 5.82 Å². The summed E-state index contributed by atoms with van der Waals surface area (Å²) in [5, 5.41) is 0. The predicted molar refractivity (Wildman–Crippen MR) is 107 cm³/mol. The number of amides is 1. The molecule has 0 radical (unpaired) electrons. The number of benzene rings is 1. The van der Waals surface area contributed by atoms with Gasteiger partial charge in [0.05, 0.1) is 0 Å². The Bertz CT molecular complexity index is 735. The molecule has 1 aromatic heterocycles. The molecule has 1 aromatic carbocycles. The summed E-state index contributed by atoms with van der Waals surface area (Å²) in [4.78, 5) is 25.2. The van der Waals surface area contributed by atoms with Crippen molar-refractivity contribution in [3.63, 3.8) is 0 Å². The Labute approximate surface area is 161 Å². The minimum atomic E-state index is 0.156. The van der Waals surface area contributed by atoms with E-state index in [9.17, 15) is 4.79 Å². The van der Waals surface area contributed by atoms with Crippen molar-refractivity contribution < 1.29 is 4.79 Å². The van der Waals surface area contributed by atoms with Gasteiger partial charge in [0, 0.05) is 43.5 Å². The molecule has 0 spiro atoms. The lowest BCUT2D eigenvalue weighted by molar-refractivity contribution is 0.0704. The van der Waals surface area contributed by atoms with Crippen molar-refractivity contribution >= 4 is 5.91 Å². The number of hydrogen-bond acceptors (Lipinski definition) is 3. The smallest absolute Gasteiger partial charge is 0.253 e. The second-order valence-electron chi connectivity index (χ2n) is 7.96. The quantitative estimate of drug-likeness (QED) is 0.895. The average molecular weight is 367 g/mol. The normalized spacial score (nSPS) is 21.8. The Morgan fingerprint density at radius 2 is 1.96 bits per heavy atom. The summed E-state index contributed by atoms with van der Waals surface area (Å²) in [5.74, 6) is 1.48. The molecule has 2 fully saturated rings. The highest BCUT2D eigenvalue weighted by Crippen LogP contribution is 2.25. The number of piperidine rings is 1. The molecule has 4 rings (SSSR count). The van der Waals surface area contributed by atoms with Crippen molar-refractivity contribution in [2.45, 2.75) is 51.0 Å². The lowest BCUT2D eigenvalue weighted by Crippen LogP contribution is -2.39. The van der Waals surface area contributed by atoms with Crippen LogP contribution in [0, 0.1) is 0 Å². The largest absolute Gasteiger partial charge is 0.348 e. The number of nitrogens with zero attached hydrogens (tertiary/aromatic N) is 3. The van der Waals surface area contributed by atoms with Crippen LogP contribution in [0.1, 0.15) is 66.2 Å². The summed E-state index contributed by atoms with van der Waals surface area (Å²) in [6, 6.07) is 8.26. The van der Waals surface area contributed by atoms with E-state index in [0.29, 0.717) is 5.92 Å². The Balaban J connectivity index is 1.42. The van der Waals surface area contributed by atoms with Gasteiger partial charge in [-0.1, -0.05) is 25.0 Å². The van der Waals surface area contributed by atoms with Crippen LogP contribution in [0.5, 0.6) is 0 Å². The second kappa shape index (κ2) is 8.70. The highest BCUT2D eigenvalue weighted by molar-refractivity contribution is 5.94. The molecule has 27 heavy (non-hydrogen) atoms. The maximum absolute atomic E-state index is 13.1. The minimum absolute atomic E-state index is 0.156. The van der Waals surface area contributed by atoms with E-state index < -0.39 is 0 Å². The maximum atomic E-state index is 13.1. The van der Waals surface area contributed by atoms with Crippen LogP contribution in [-0.2, 0) is 6.54 Å². The van der Waals surface area contributed by atoms with Crippen molar-refractivity contribution in [1.82, 2.24) is 19.8 Å². The summed E-state index contributed by atoms with van der Waals surface area (Å²) >= 11 is 0. The molecule has 5 nitrogen and oxygen atoms in total. The van der Waals surface area contributed by atoms with E-state index in [-0.39, 0.29) is 5.91 Å². The van der Waals surface area contributed by atoms with Crippen molar-refractivity contribution in [2.24, 2.45) is 0 Å². The number of hydrogen-bond donors (Lipinski definition) is 1. The van der Waals surface area contributed by atoms with Gasteiger partial charge in [0.2, 0.25) is 0 Å². The number of carbonyl (C=O) groups is 1. The third kappa shape index (κ3) is 4.59. The van der Waals surface area contributed by atoms with E-state index >= 15 is 0 Å². The summed E-state index contributed by atoms with van der Waals surface area (Å²) in [5.41, 5.74) is 2.07. The van der Waals surface area contributed by atoms with Crippen molar-refractivity contribution in [1.29, 1.82) is 0 Å². The summed E-state index contributed by atoms with van der Waals surface area (Å²) in [6.45, 7) is 4.90. The van der Waals surface area contributed by atoms with Crippen LogP contribution in [0.2, 0.25) is 0 Å². The number of likely N-dealkylation sites (tertiary alicyclic amines) is 2. The fourth-order valence-electron chi connectivity index (χ4n) is 4.42. The number of imidazole rings is 1. The molecule has 0 unspecified atom stereocenters. The molecular formula is C22H30N4O. The van der Waals surface area contributed by atoms with Crippen LogP contribution in [0.15, 0.2) is 36.7 Å². The lowest BCUT2D eigenvalue weighted by atomic mass is 9.96. The van der Waals surface area contributed by atoms with E-state index in [0.717, 1.165) is 43.9 Å². The van der Waals surface area contributed by atoms with Crippen LogP contribution in [-0.4, -0.2) is 51.9 Å². The highest BCUT2D eigenvalue weighted by Gasteiger charge is 2.27. The van der Waals surface area contributed by atoms with E-state index in [2.05, 4.69) is 27.0 Å². The molecule has 2 aromatic rings. The number of nitrogens with one attached hydrogen (secondary N) is 1. The third-order valence-corrected chi connectivity index (χ3v) is 5.89. The average Bonchev–Trinajstić information content (AvgIpc) is 3.13. The maximum Gasteiger partial charge on any atom is 0.253 e. The molecule has 1 atom stereocenters. The lowest BCUT2D eigenvalue weighted by Gasteiger charge is -2.32. The van der Waals surface area contributed by atoms with Gasteiger partial charge in [-0.25, -0.2) is 4.98 Å². The topological polar surface area (TPSA) is 52.2 Å². The molecule has 2 aliphatic rings. The molecule has 0 aliphatic carbocycles. The van der Waals surface area contributed by atoms with Crippen molar-refractivity contribution in [2.75, 3.05) is 26.2 Å². The van der Waals surface area contributed by atoms with Crippen LogP contribution in [0.3, 0.4) is 0 Å². The Hall–Kier alpha value is -2.14. The molecule has 0 bridgehead atoms. The van der Waals surface area contributed by atoms with Gasteiger partial charge in [0.15, 0.2) is 0 Å². The van der Waals surface area contributed by atoms with E-state index in [4.69, 9.17) is 0 Å². The first kappa shape index (κ1) is 18.2. The first-order valence-corrected chi connectivity index (χ1v) is 10.4. The van der Waals surface area contributed by atoms with Crippen molar-refractivity contribution in [3.8, 4) is 0 Å². The summed E-state index contributed by atoms with van der Waals surface area (Å²) in [7, 11) is 0. The van der Waals surface area contributed by atoms with Gasteiger partial charge < -0.3 is 9.88 Å². The number of carbonyl (C=O) groups excluding carboxylic acids is 1. The van der Waals surface area contributed by atoms with Gasteiger partial charge in [-0.3, -0.25) is 9.69 Å². The van der Waals surface area contributed by atoms with Gasteiger partial charge in [-0.05, 0) is 56.5 Å². The van der Waals surface area contributed by atoms with Gasteiger partial charge >= 0.3 is 0 Å². The molecule has 2 aliphatic heterocycles. The predicted octanol–water partition coefficient (Wildman–Crippen LogP) is 3.81. The molecular weight excluding hydrogens is 336 g/mol. The SMILES string of the molecule is O=C(c1cccc(CN2CCCCCC2)c1)N1CCC[C@H](c2ncc[nH]2)C1. The zero-order chi connectivity index (χ0) is 18.5. The van der Waals surface area contributed by atoms with Gasteiger partial charge in [-0.15, -0.1) is 0 Å². The van der Waals surface area contributed by atoms with Gasteiger partial charge in [0.25, 0.3) is 5.91 Å². The first-order valence-electron chi connectivity index (χ1n) is 10.4. The summed E-state index contributed by atoms with van der Waals surface area (Å²) < 4.78 is 0. The first-order chi connectivity index (χ1) is 13.3. The highest BCUT2D eigenvalue weighted by atomic mass is 16.2. The van der Waals surface area contributed by atoms with Crippen LogP contribution >= 0.6 is 0 Å². The zero-order valence-electron chi connectivity index (χ0n) is 16.1. The molecule has 1 N–H and O–H groups in total. The van der Waals surface area contributed by atoms with Crippen LogP contribution < -0.4 is 0 Å². The van der Waals surface area contributed by atoms with E-state index in [1.54, 1.807) is 6.20 Å². The molecule has 0 saturated carbocycles. The Kier molecular flexibility index (Phi) is 5.87. The van der Waals surface area contributed by atoms with E-state index in [1.807, 2.05) is 23.2 Å². The molecule has 2 saturated heterocycles. The number of aromatic nitrogens is 2. The van der Waals surface area contributed by atoms with Gasteiger partial charge in [-0.2, -0.15) is 0 Å². The number of H-pyrrole nitrogens is 1. The number of rotatable bonds is 4. The fraction of sp³-hybridized carbons (Fsp3) is 0.545. The monoisotopic (exact) mass is 366 g/mol. The standard InChI is InChI=1S/C22H30N4O/c27-22(26-14-6-9-20(17-26)21-23-10-11-24-21)19-8-5-7-18(15-19)16-25-12-3-1-2-4-13-25/h5,7-8,10-11,15,20H,1-4,6,9,12-14,16-17H2,(H,23,24)/t20-/m0/s1. The fourth-order valence-corrected chi connectivity index (χ4v) is 4.42. The van der Waals surface area contributed by atoms with Crippen LogP contribution in [0.4, 0.5) is 0 Å². The third-order valence-electron chi connectivity index (χ3n) is 5.89. The molecule has 3 heterocycles. The van der Waals surface area contributed by atoms with E-state index in [1.165, 1.54) is 44.3 Å².